The average molecular weight is 1060 g/mol. The lowest BCUT2D eigenvalue weighted by Gasteiger charge is -2.18. The SMILES string of the molecule is CC/C=C\C/C=C\C/C=C\C/C=C\C/C=C\C/C=C\C/C=C\C/C=C\C/C=C\CCCCCCCCCC(=O)OCC(COC(=O)CCCCCCC/C=C\CCCC)OC(=O)CCCCC/C=C\C/C=C\C/C=C\CC. The summed E-state index contributed by atoms with van der Waals surface area (Å²) in [6.45, 7) is 6.31. The highest BCUT2D eigenvalue weighted by atomic mass is 16.6. The molecule has 0 saturated heterocycles. The van der Waals surface area contributed by atoms with E-state index in [9.17, 15) is 14.4 Å². The molecule has 0 saturated carbocycles. The molecular weight excluding hydrogens is 949 g/mol. The molecule has 6 heteroatoms. The number of unbranched alkanes of at least 4 members (excludes halogenated alkanes) is 17. The highest BCUT2D eigenvalue weighted by Crippen LogP contribution is 2.14. The third kappa shape index (κ3) is 61.8. The number of ether oxygens (including phenoxy) is 3. The van der Waals surface area contributed by atoms with Crippen molar-refractivity contribution in [1.82, 2.24) is 0 Å². The monoisotopic (exact) mass is 1060 g/mol. The third-order valence-electron chi connectivity index (χ3n) is 12.5. The number of carbonyl (C=O) groups excluding carboxylic acids is 3. The van der Waals surface area contributed by atoms with Crippen LogP contribution in [0.4, 0.5) is 0 Å². The molecule has 0 aromatic heterocycles. The quantitative estimate of drug-likeness (QED) is 0.0261. The van der Waals surface area contributed by atoms with Gasteiger partial charge in [-0.1, -0.05) is 249 Å². The summed E-state index contributed by atoms with van der Waals surface area (Å²) in [4.78, 5) is 38.1. The van der Waals surface area contributed by atoms with E-state index in [1.54, 1.807) is 0 Å². The Kier molecular flexibility index (Phi) is 59.5. The first kappa shape index (κ1) is 72.0. The number of carbonyl (C=O) groups is 3. The molecule has 6 nitrogen and oxygen atoms in total. The van der Waals surface area contributed by atoms with Gasteiger partial charge in [-0.05, 0) is 141 Å². The molecule has 0 fully saturated rings. The maximum atomic E-state index is 12.8. The molecule has 0 aliphatic rings. The van der Waals surface area contributed by atoms with E-state index in [2.05, 4.69) is 179 Å². The Balaban J connectivity index is 4.24. The van der Waals surface area contributed by atoms with E-state index in [4.69, 9.17) is 14.2 Å². The van der Waals surface area contributed by atoms with Gasteiger partial charge in [0.05, 0.1) is 0 Å². The van der Waals surface area contributed by atoms with E-state index in [1.807, 2.05) is 0 Å². The summed E-state index contributed by atoms with van der Waals surface area (Å²) in [5, 5.41) is 0. The highest BCUT2D eigenvalue weighted by Gasteiger charge is 2.19. The van der Waals surface area contributed by atoms with E-state index in [0.29, 0.717) is 12.8 Å². The minimum Gasteiger partial charge on any atom is -0.462 e. The van der Waals surface area contributed by atoms with Gasteiger partial charge in [-0.25, -0.2) is 0 Å². The lowest BCUT2D eigenvalue weighted by atomic mass is 10.1. The average Bonchev–Trinajstić information content (AvgIpc) is 3.43. The number of hydrogen-bond donors (Lipinski definition) is 0. The first-order chi connectivity index (χ1) is 38.0. The fourth-order valence-corrected chi connectivity index (χ4v) is 7.90. The van der Waals surface area contributed by atoms with Crippen molar-refractivity contribution in [3.63, 3.8) is 0 Å². The largest absolute Gasteiger partial charge is 0.462 e. The molecule has 1 unspecified atom stereocenters. The van der Waals surface area contributed by atoms with Crippen LogP contribution in [0.2, 0.25) is 0 Å². The molecule has 0 spiro atoms. The Morgan fingerprint density at radius 2 is 0.506 bits per heavy atom. The molecule has 0 heterocycles. The number of rotatable bonds is 54. The number of esters is 3. The van der Waals surface area contributed by atoms with Crippen molar-refractivity contribution in [2.75, 3.05) is 13.2 Å². The fourth-order valence-electron chi connectivity index (χ4n) is 7.90. The van der Waals surface area contributed by atoms with Gasteiger partial charge in [0.1, 0.15) is 13.2 Å². The van der Waals surface area contributed by atoms with Crippen LogP contribution < -0.4 is 0 Å². The second-order valence-electron chi connectivity index (χ2n) is 19.8. The van der Waals surface area contributed by atoms with Crippen molar-refractivity contribution in [3.05, 3.63) is 158 Å². The van der Waals surface area contributed by atoms with Gasteiger partial charge in [-0.15, -0.1) is 0 Å². The van der Waals surface area contributed by atoms with Crippen molar-refractivity contribution in [2.24, 2.45) is 0 Å². The van der Waals surface area contributed by atoms with E-state index in [0.717, 1.165) is 161 Å². The van der Waals surface area contributed by atoms with Crippen LogP contribution in [-0.4, -0.2) is 37.2 Å². The number of hydrogen-bond acceptors (Lipinski definition) is 6. The highest BCUT2D eigenvalue weighted by molar-refractivity contribution is 5.71. The zero-order chi connectivity index (χ0) is 55.7. The second kappa shape index (κ2) is 63.6. The summed E-state index contributed by atoms with van der Waals surface area (Å²) in [6, 6.07) is 0. The first-order valence-electron chi connectivity index (χ1n) is 31.0. The van der Waals surface area contributed by atoms with Gasteiger partial charge in [-0.3, -0.25) is 14.4 Å². The number of allylic oxidation sites excluding steroid dienone is 26. The summed E-state index contributed by atoms with van der Waals surface area (Å²) in [7, 11) is 0. The minimum atomic E-state index is -0.807. The molecule has 0 rings (SSSR count). The predicted molar refractivity (Wildman–Crippen MR) is 334 cm³/mol. The summed E-state index contributed by atoms with van der Waals surface area (Å²) in [6.07, 6.45) is 92.6. The van der Waals surface area contributed by atoms with Gasteiger partial charge in [0.25, 0.3) is 0 Å². The lowest BCUT2D eigenvalue weighted by Crippen LogP contribution is -2.30. The molecule has 0 radical (unpaired) electrons. The van der Waals surface area contributed by atoms with Gasteiger partial charge in [0.2, 0.25) is 0 Å². The normalized spacial score (nSPS) is 13.2. The molecule has 0 N–H and O–H groups in total. The second-order valence-corrected chi connectivity index (χ2v) is 19.8. The van der Waals surface area contributed by atoms with Crippen LogP contribution in [0.1, 0.15) is 252 Å². The lowest BCUT2D eigenvalue weighted by molar-refractivity contribution is -0.167. The Bertz CT molecular complexity index is 1740. The van der Waals surface area contributed by atoms with Crippen molar-refractivity contribution >= 4 is 17.9 Å². The van der Waals surface area contributed by atoms with Crippen LogP contribution in [0.3, 0.4) is 0 Å². The van der Waals surface area contributed by atoms with Crippen LogP contribution in [0.15, 0.2) is 158 Å². The predicted octanol–water partition coefficient (Wildman–Crippen LogP) is 21.3. The molecule has 0 aromatic carbocycles. The van der Waals surface area contributed by atoms with Crippen molar-refractivity contribution < 1.29 is 28.6 Å². The summed E-state index contributed by atoms with van der Waals surface area (Å²) in [5.74, 6) is -0.960. The topological polar surface area (TPSA) is 78.9 Å². The molecular formula is C71H112O6. The Morgan fingerprint density at radius 1 is 0.273 bits per heavy atom. The Hall–Kier alpha value is -4.97. The van der Waals surface area contributed by atoms with Gasteiger partial charge in [-0.2, -0.15) is 0 Å². The summed E-state index contributed by atoms with van der Waals surface area (Å²) < 4.78 is 16.8. The third-order valence-corrected chi connectivity index (χ3v) is 12.5. The molecule has 0 aromatic rings. The van der Waals surface area contributed by atoms with Crippen LogP contribution in [0.25, 0.3) is 0 Å². The van der Waals surface area contributed by atoms with E-state index in [1.165, 1.54) is 51.4 Å². The molecule has 0 amide bonds. The van der Waals surface area contributed by atoms with Crippen LogP contribution in [0, 0.1) is 0 Å². The van der Waals surface area contributed by atoms with Gasteiger partial charge < -0.3 is 14.2 Å². The van der Waals surface area contributed by atoms with Crippen molar-refractivity contribution in [3.8, 4) is 0 Å². The molecule has 432 valence electrons. The standard InChI is InChI=1S/C71H112O6/c1-4-7-10-13-16-19-22-24-25-26-27-28-29-30-31-32-33-34-35-36-37-38-39-40-41-42-43-44-45-47-49-52-55-58-61-64-70(73)76-67-68(66-75-69(72)63-60-57-54-51-48-21-18-15-12-9-6-3)77-71(74)65-62-59-56-53-50-46-23-20-17-14-11-8-5-2/h7-8,10-11,15-20,24-25,27-28,30-31,33-34,36-37,39-40,42-43,46,50,68H,4-6,9,12-14,21-23,26,29,32,35,38,41,44-45,47-49,51-67H2,1-3H3/b10-7-,11-8-,18-15-,19-16-,20-17-,25-24-,28-27-,31-30-,34-33-,37-36-,40-39-,43-42-,50-46-. The van der Waals surface area contributed by atoms with Crippen LogP contribution in [-0.2, 0) is 28.6 Å². The van der Waals surface area contributed by atoms with E-state index >= 15 is 0 Å². The Morgan fingerprint density at radius 3 is 0.818 bits per heavy atom. The zero-order valence-corrected chi connectivity index (χ0v) is 49.4. The van der Waals surface area contributed by atoms with E-state index in [-0.39, 0.29) is 37.5 Å². The minimum absolute atomic E-state index is 0.103. The van der Waals surface area contributed by atoms with Crippen LogP contribution >= 0.6 is 0 Å². The maximum Gasteiger partial charge on any atom is 0.306 e. The molecule has 0 aliphatic carbocycles. The molecule has 77 heavy (non-hydrogen) atoms. The smallest absolute Gasteiger partial charge is 0.306 e. The molecule has 1 atom stereocenters. The maximum absolute atomic E-state index is 12.8. The van der Waals surface area contributed by atoms with Crippen molar-refractivity contribution in [1.29, 1.82) is 0 Å². The Labute approximate surface area is 473 Å². The first-order valence-corrected chi connectivity index (χ1v) is 31.0. The summed E-state index contributed by atoms with van der Waals surface area (Å²) >= 11 is 0. The van der Waals surface area contributed by atoms with E-state index < -0.39 is 6.10 Å². The fraction of sp³-hybridized carbons (Fsp3) is 0.592. The summed E-state index contributed by atoms with van der Waals surface area (Å²) in [5.41, 5.74) is 0. The van der Waals surface area contributed by atoms with Gasteiger partial charge >= 0.3 is 17.9 Å². The zero-order valence-electron chi connectivity index (χ0n) is 49.4. The molecule has 0 bridgehead atoms. The van der Waals surface area contributed by atoms with Crippen LogP contribution in [0.5, 0.6) is 0 Å². The van der Waals surface area contributed by atoms with Gasteiger partial charge in [0, 0.05) is 19.3 Å². The van der Waals surface area contributed by atoms with Gasteiger partial charge in [0.15, 0.2) is 6.10 Å². The van der Waals surface area contributed by atoms with Crippen molar-refractivity contribution in [2.45, 2.75) is 258 Å². The molecule has 0 aliphatic heterocycles.